The molecule has 0 radical (unpaired) electrons. The van der Waals surface area contributed by atoms with Crippen LogP contribution in [-0.2, 0) is 22.6 Å². The number of nitrogens with zero attached hydrogens (tertiary/aromatic N) is 2. The van der Waals surface area contributed by atoms with Crippen LogP contribution in [0.1, 0.15) is 43.2 Å². The number of carbonyl (C=O) groups is 2. The minimum atomic E-state index is -0.190. The summed E-state index contributed by atoms with van der Waals surface area (Å²) in [5, 5.41) is 2.97. The molecule has 0 aliphatic heterocycles. The van der Waals surface area contributed by atoms with E-state index < -0.39 is 0 Å². The van der Waals surface area contributed by atoms with Crippen LogP contribution in [0.2, 0.25) is 0 Å². The molecule has 1 aromatic carbocycles. The Bertz CT molecular complexity index is 707. The third kappa shape index (κ3) is 4.56. The van der Waals surface area contributed by atoms with Crippen molar-refractivity contribution in [2.24, 2.45) is 5.92 Å². The number of rotatable bonds is 7. The maximum atomic E-state index is 12.3. The highest BCUT2D eigenvalue weighted by molar-refractivity contribution is 5.83. The molecule has 1 saturated carbocycles. The van der Waals surface area contributed by atoms with Crippen LogP contribution < -0.4 is 5.32 Å². The number of hydrogen-bond acceptors (Lipinski definition) is 3. The van der Waals surface area contributed by atoms with Crippen molar-refractivity contribution >= 4 is 11.7 Å². The Morgan fingerprint density at radius 2 is 2.16 bits per heavy atom. The first kappa shape index (κ1) is 17.4. The summed E-state index contributed by atoms with van der Waals surface area (Å²) in [7, 11) is 0. The highest BCUT2D eigenvalue weighted by Gasteiger charge is 2.24. The maximum Gasteiger partial charge on any atom is 0.227 e. The number of imidazole rings is 1. The van der Waals surface area contributed by atoms with Gasteiger partial charge in [-0.15, -0.1) is 0 Å². The smallest absolute Gasteiger partial charge is 0.227 e. The second kappa shape index (κ2) is 8.10. The van der Waals surface area contributed by atoms with E-state index in [-0.39, 0.29) is 17.7 Å². The Balaban J connectivity index is 1.50. The van der Waals surface area contributed by atoms with Crippen LogP contribution in [0, 0.1) is 5.92 Å². The molecular formula is C20H25N3O2. The molecule has 1 aliphatic carbocycles. The molecule has 25 heavy (non-hydrogen) atoms. The summed E-state index contributed by atoms with van der Waals surface area (Å²) in [4.78, 5) is 28.0. The SMILES string of the molecule is C[C@@H](C(=O)NCCn1ccnc1)c1ccc(C[C@@H]2CCCC2=O)cc1. The molecule has 5 nitrogen and oxygen atoms in total. The summed E-state index contributed by atoms with van der Waals surface area (Å²) < 4.78 is 1.93. The summed E-state index contributed by atoms with van der Waals surface area (Å²) in [5.41, 5.74) is 2.18. The third-order valence-electron chi connectivity index (χ3n) is 5.01. The van der Waals surface area contributed by atoms with Gasteiger partial charge in [-0.2, -0.15) is 0 Å². The second-order valence-electron chi connectivity index (χ2n) is 6.81. The van der Waals surface area contributed by atoms with Gasteiger partial charge in [-0.3, -0.25) is 9.59 Å². The van der Waals surface area contributed by atoms with Gasteiger partial charge >= 0.3 is 0 Å². The first-order valence-corrected chi connectivity index (χ1v) is 8.98. The van der Waals surface area contributed by atoms with Crippen molar-refractivity contribution in [2.45, 2.75) is 45.1 Å². The first-order valence-electron chi connectivity index (χ1n) is 8.98. The topological polar surface area (TPSA) is 64.0 Å². The van der Waals surface area contributed by atoms with Crippen molar-refractivity contribution in [2.75, 3.05) is 6.54 Å². The molecule has 132 valence electrons. The first-order chi connectivity index (χ1) is 12.1. The van der Waals surface area contributed by atoms with Gasteiger partial charge in [0, 0.05) is 37.8 Å². The van der Waals surface area contributed by atoms with Crippen LogP contribution in [0.15, 0.2) is 43.0 Å². The lowest BCUT2D eigenvalue weighted by molar-refractivity contribution is -0.122. The largest absolute Gasteiger partial charge is 0.354 e. The van der Waals surface area contributed by atoms with Gasteiger partial charge in [0.05, 0.1) is 12.2 Å². The summed E-state index contributed by atoms with van der Waals surface area (Å²) in [6.45, 7) is 3.22. The van der Waals surface area contributed by atoms with Crippen LogP contribution in [0.3, 0.4) is 0 Å². The molecular weight excluding hydrogens is 314 g/mol. The molecule has 1 aromatic heterocycles. The van der Waals surface area contributed by atoms with E-state index in [2.05, 4.69) is 22.4 Å². The molecule has 1 fully saturated rings. The fourth-order valence-electron chi connectivity index (χ4n) is 3.36. The van der Waals surface area contributed by atoms with E-state index in [1.165, 1.54) is 5.56 Å². The van der Waals surface area contributed by atoms with Crippen LogP contribution in [0.25, 0.3) is 0 Å². The van der Waals surface area contributed by atoms with E-state index in [4.69, 9.17) is 0 Å². The number of hydrogen-bond donors (Lipinski definition) is 1. The third-order valence-corrected chi connectivity index (χ3v) is 5.01. The number of aromatic nitrogens is 2. The predicted molar refractivity (Wildman–Crippen MR) is 96.1 cm³/mol. The standard InChI is InChI=1S/C20H25N3O2/c1-15(20(25)22-10-12-23-11-9-21-14-23)17-7-5-16(6-8-17)13-18-3-2-4-19(18)24/h5-9,11,14-15,18H,2-4,10,12-13H2,1H3,(H,22,25)/t15-,18+/m1/s1. The molecule has 2 aromatic rings. The van der Waals surface area contributed by atoms with Crippen LogP contribution in [0.4, 0.5) is 0 Å². The van der Waals surface area contributed by atoms with Gasteiger partial charge in [-0.1, -0.05) is 24.3 Å². The maximum absolute atomic E-state index is 12.3. The zero-order valence-electron chi connectivity index (χ0n) is 14.6. The number of Topliss-reactive ketones (excluding diaryl/α,β-unsaturated/α-hetero) is 1. The predicted octanol–water partition coefficient (Wildman–Crippen LogP) is 2.71. The van der Waals surface area contributed by atoms with Crippen molar-refractivity contribution in [3.05, 3.63) is 54.1 Å². The van der Waals surface area contributed by atoms with Gasteiger partial charge in [0.2, 0.25) is 5.91 Å². The lowest BCUT2D eigenvalue weighted by atomic mass is 9.94. The van der Waals surface area contributed by atoms with Crippen molar-refractivity contribution in [1.29, 1.82) is 0 Å². The monoisotopic (exact) mass is 339 g/mol. The zero-order chi connectivity index (χ0) is 17.6. The summed E-state index contributed by atoms with van der Waals surface area (Å²) in [6, 6.07) is 8.12. The van der Waals surface area contributed by atoms with Crippen molar-refractivity contribution < 1.29 is 9.59 Å². The molecule has 0 saturated heterocycles. The highest BCUT2D eigenvalue weighted by atomic mass is 16.1. The van der Waals surface area contributed by atoms with Crippen LogP contribution >= 0.6 is 0 Å². The Kier molecular flexibility index (Phi) is 5.64. The van der Waals surface area contributed by atoms with E-state index in [0.717, 1.165) is 31.2 Å². The summed E-state index contributed by atoms with van der Waals surface area (Å²) in [6.07, 6.45) is 8.94. The van der Waals surface area contributed by atoms with E-state index in [9.17, 15) is 9.59 Å². The van der Waals surface area contributed by atoms with Gasteiger partial charge in [0.25, 0.3) is 0 Å². The molecule has 1 heterocycles. The Morgan fingerprint density at radius 3 is 2.80 bits per heavy atom. The molecule has 2 atom stereocenters. The number of amides is 1. The van der Waals surface area contributed by atoms with Gasteiger partial charge in [-0.25, -0.2) is 4.98 Å². The van der Waals surface area contributed by atoms with Crippen molar-refractivity contribution in [1.82, 2.24) is 14.9 Å². The van der Waals surface area contributed by atoms with E-state index >= 15 is 0 Å². The molecule has 1 aliphatic rings. The van der Waals surface area contributed by atoms with Gasteiger partial charge < -0.3 is 9.88 Å². The van der Waals surface area contributed by atoms with E-state index in [0.29, 0.717) is 18.9 Å². The lowest BCUT2D eigenvalue weighted by Gasteiger charge is -2.14. The van der Waals surface area contributed by atoms with Crippen molar-refractivity contribution in [3.63, 3.8) is 0 Å². The lowest BCUT2D eigenvalue weighted by Crippen LogP contribution is -2.30. The zero-order valence-corrected chi connectivity index (χ0v) is 14.6. The number of carbonyl (C=O) groups excluding carboxylic acids is 2. The minimum Gasteiger partial charge on any atom is -0.354 e. The average molecular weight is 339 g/mol. The van der Waals surface area contributed by atoms with Gasteiger partial charge in [0.1, 0.15) is 5.78 Å². The Morgan fingerprint density at radius 1 is 1.36 bits per heavy atom. The molecule has 5 heteroatoms. The Labute approximate surface area is 148 Å². The molecule has 0 unspecified atom stereocenters. The molecule has 0 bridgehead atoms. The molecule has 0 spiro atoms. The Hall–Kier alpha value is -2.43. The number of ketones is 1. The van der Waals surface area contributed by atoms with Crippen LogP contribution in [0.5, 0.6) is 0 Å². The fraction of sp³-hybridized carbons (Fsp3) is 0.450. The number of benzene rings is 1. The van der Waals surface area contributed by atoms with E-state index in [1.54, 1.807) is 12.5 Å². The second-order valence-corrected chi connectivity index (χ2v) is 6.81. The molecule has 1 N–H and O–H groups in total. The van der Waals surface area contributed by atoms with Gasteiger partial charge in [0.15, 0.2) is 0 Å². The van der Waals surface area contributed by atoms with Gasteiger partial charge in [-0.05, 0) is 37.3 Å². The van der Waals surface area contributed by atoms with Crippen molar-refractivity contribution in [3.8, 4) is 0 Å². The molecule has 1 amide bonds. The quantitative estimate of drug-likeness (QED) is 0.843. The molecule has 3 rings (SSSR count). The van der Waals surface area contributed by atoms with Crippen LogP contribution in [-0.4, -0.2) is 27.8 Å². The number of nitrogens with one attached hydrogen (secondary N) is 1. The van der Waals surface area contributed by atoms with E-state index in [1.807, 2.05) is 29.8 Å². The fourth-order valence-corrected chi connectivity index (χ4v) is 3.36. The summed E-state index contributed by atoms with van der Waals surface area (Å²) in [5.74, 6) is 0.424. The summed E-state index contributed by atoms with van der Waals surface area (Å²) >= 11 is 0. The average Bonchev–Trinajstić information content (AvgIpc) is 3.27. The minimum absolute atomic E-state index is 0.0267. The highest BCUT2D eigenvalue weighted by Crippen LogP contribution is 2.25. The normalized spacial score (nSPS) is 18.3.